The molecule has 0 fully saturated rings. The van der Waals surface area contributed by atoms with E-state index in [-0.39, 0.29) is 11.2 Å². The molecular weight excluding hydrogens is 334 g/mol. The van der Waals surface area contributed by atoms with E-state index in [4.69, 9.17) is 4.74 Å². The molecule has 2 aromatic carbocycles. The molecule has 0 aliphatic carbocycles. The smallest absolute Gasteiger partial charge is 0.240 e. The highest BCUT2D eigenvalue weighted by Crippen LogP contribution is 2.31. The number of H-pyrrole nitrogens is 1. The Balaban J connectivity index is 1.52. The summed E-state index contributed by atoms with van der Waals surface area (Å²) in [4.78, 5) is 22.6. The van der Waals surface area contributed by atoms with Gasteiger partial charge in [-0.05, 0) is 37.1 Å². The number of aromatic amines is 1. The number of fused-ring (bicyclic) bond motifs is 2. The standard InChI is InChI=1S/C19H19N3O2S/c1-12(18(23)22-10-9-13-5-3-4-6-17(13)22)25-19-20-15-8-7-14(24-2)11-16(15)21-19/h3-8,11-12H,9-10H2,1-2H3,(H,20,21). The van der Waals surface area contributed by atoms with Gasteiger partial charge in [0, 0.05) is 18.3 Å². The lowest BCUT2D eigenvalue weighted by Gasteiger charge is -2.20. The van der Waals surface area contributed by atoms with Gasteiger partial charge in [0.2, 0.25) is 5.91 Å². The number of carbonyl (C=O) groups excluding carboxylic acids is 1. The Bertz CT molecular complexity index is 937. The maximum atomic E-state index is 12.9. The minimum Gasteiger partial charge on any atom is -0.497 e. The molecule has 1 atom stereocenters. The van der Waals surface area contributed by atoms with Crippen molar-refractivity contribution in [3.8, 4) is 5.75 Å². The number of rotatable bonds is 4. The van der Waals surface area contributed by atoms with Crippen molar-refractivity contribution in [2.75, 3.05) is 18.6 Å². The predicted molar refractivity (Wildman–Crippen MR) is 100 cm³/mol. The Morgan fingerprint density at radius 1 is 1.32 bits per heavy atom. The Hall–Kier alpha value is -2.47. The molecule has 2 heterocycles. The van der Waals surface area contributed by atoms with E-state index in [0.29, 0.717) is 0 Å². The van der Waals surface area contributed by atoms with E-state index in [9.17, 15) is 4.79 Å². The molecule has 0 saturated carbocycles. The molecule has 0 saturated heterocycles. The number of imidazole rings is 1. The molecule has 1 aliphatic heterocycles. The van der Waals surface area contributed by atoms with Gasteiger partial charge in [-0.3, -0.25) is 4.79 Å². The third kappa shape index (κ3) is 2.98. The van der Waals surface area contributed by atoms with Crippen molar-refractivity contribution >= 4 is 34.4 Å². The van der Waals surface area contributed by atoms with Gasteiger partial charge in [-0.15, -0.1) is 0 Å². The van der Waals surface area contributed by atoms with Crippen molar-refractivity contribution in [2.45, 2.75) is 23.8 Å². The van der Waals surface area contributed by atoms with Gasteiger partial charge in [-0.2, -0.15) is 0 Å². The van der Waals surface area contributed by atoms with Crippen molar-refractivity contribution in [3.05, 3.63) is 48.0 Å². The van der Waals surface area contributed by atoms with Crippen LogP contribution in [0.2, 0.25) is 0 Å². The van der Waals surface area contributed by atoms with Crippen molar-refractivity contribution in [3.63, 3.8) is 0 Å². The van der Waals surface area contributed by atoms with Crippen molar-refractivity contribution < 1.29 is 9.53 Å². The Labute approximate surface area is 150 Å². The SMILES string of the molecule is COc1ccc2nc(SC(C)C(=O)N3CCc4ccccc43)[nH]c2c1. The molecule has 1 aliphatic rings. The summed E-state index contributed by atoms with van der Waals surface area (Å²) in [5.41, 5.74) is 4.06. The fourth-order valence-electron chi connectivity index (χ4n) is 3.15. The lowest BCUT2D eigenvalue weighted by atomic mass is 10.2. The van der Waals surface area contributed by atoms with Crippen LogP contribution in [0.3, 0.4) is 0 Å². The molecule has 1 N–H and O–H groups in total. The number of thioether (sulfide) groups is 1. The molecular formula is C19H19N3O2S. The number of hydrogen-bond donors (Lipinski definition) is 1. The Morgan fingerprint density at radius 2 is 2.16 bits per heavy atom. The van der Waals surface area contributed by atoms with Crippen molar-refractivity contribution in [2.24, 2.45) is 0 Å². The largest absolute Gasteiger partial charge is 0.497 e. The van der Waals surface area contributed by atoms with E-state index in [1.54, 1.807) is 7.11 Å². The number of methoxy groups -OCH3 is 1. The first-order chi connectivity index (χ1) is 12.2. The van der Waals surface area contributed by atoms with Gasteiger partial charge in [0.25, 0.3) is 0 Å². The highest BCUT2D eigenvalue weighted by atomic mass is 32.2. The van der Waals surface area contributed by atoms with Crippen LogP contribution in [0.5, 0.6) is 5.75 Å². The molecule has 0 spiro atoms. The number of ether oxygens (including phenoxy) is 1. The number of hydrogen-bond acceptors (Lipinski definition) is 4. The lowest BCUT2D eigenvalue weighted by molar-refractivity contribution is -0.117. The van der Waals surface area contributed by atoms with E-state index in [2.05, 4.69) is 16.0 Å². The summed E-state index contributed by atoms with van der Waals surface area (Å²) in [5, 5.41) is 0.533. The second kappa shape index (κ2) is 6.44. The van der Waals surface area contributed by atoms with Gasteiger partial charge in [-0.25, -0.2) is 4.98 Å². The predicted octanol–water partition coefficient (Wildman–Crippen LogP) is 3.64. The van der Waals surface area contributed by atoms with Gasteiger partial charge in [0.1, 0.15) is 5.75 Å². The number of benzene rings is 2. The van der Waals surface area contributed by atoms with Crippen molar-refractivity contribution in [1.82, 2.24) is 9.97 Å². The molecule has 3 aromatic rings. The summed E-state index contributed by atoms with van der Waals surface area (Å²) in [5.74, 6) is 0.901. The van der Waals surface area contributed by atoms with Crippen LogP contribution >= 0.6 is 11.8 Å². The van der Waals surface area contributed by atoms with Crippen LogP contribution in [-0.4, -0.2) is 34.8 Å². The van der Waals surface area contributed by atoms with Crippen LogP contribution in [0.15, 0.2) is 47.6 Å². The molecule has 0 radical (unpaired) electrons. The third-order valence-electron chi connectivity index (χ3n) is 4.46. The average Bonchev–Trinajstić information content (AvgIpc) is 3.23. The topological polar surface area (TPSA) is 58.2 Å². The molecule has 25 heavy (non-hydrogen) atoms. The van der Waals surface area contributed by atoms with Crippen LogP contribution in [0.25, 0.3) is 11.0 Å². The lowest BCUT2D eigenvalue weighted by Crippen LogP contribution is -2.35. The summed E-state index contributed by atoms with van der Waals surface area (Å²) >= 11 is 1.45. The van der Waals surface area contributed by atoms with Gasteiger partial charge in [-0.1, -0.05) is 30.0 Å². The van der Waals surface area contributed by atoms with Crippen molar-refractivity contribution in [1.29, 1.82) is 0 Å². The summed E-state index contributed by atoms with van der Waals surface area (Å²) < 4.78 is 5.24. The first-order valence-corrected chi connectivity index (χ1v) is 9.13. The Kier molecular flexibility index (Phi) is 4.13. The summed E-state index contributed by atoms with van der Waals surface area (Å²) in [6.45, 7) is 2.68. The summed E-state index contributed by atoms with van der Waals surface area (Å²) in [6, 6.07) is 13.8. The van der Waals surface area contributed by atoms with Crippen LogP contribution in [-0.2, 0) is 11.2 Å². The maximum absolute atomic E-state index is 12.9. The normalized spacial score (nSPS) is 14.6. The number of nitrogens with one attached hydrogen (secondary N) is 1. The number of nitrogens with zero attached hydrogens (tertiary/aromatic N) is 2. The molecule has 128 valence electrons. The van der Waals surface area contributed by atoms with E-state index >= 15 is 0 Å². The quantitative estimate of drug-likeness (QED) is 0.728. The fourth-order valence-corrected chi connectivity index (χ4v) is 4.04. The zero-order valence-electron chi connectivity index (χ0n) is 14.2. The molecule has 1 unspecified atom stereocenters. The number of para-hydroxylation sites is 1. The third-order valence-corrected chi connectivity index (χ3v) is 5.43. The monoisotopic (exact) mass is 353 g/mol. The molecule has 4 rings (SSSR count). The fraction of sp³-hybridized carbons (Fsp3) is 0.263. The van der Waals surface area contributed by atoms with Gasteiger partial charge in [0.05, 0.1) is 23.4 Å². The summed E-state index contributed by atoms with van der Waals surface area (Å²) in [7, 11) is 1.64. The molecule has 0 bridgehead atoms. The molecule has 1 amide bonds. The highest BCUT2D eigenvalue weighted by Gasteiger charge is 2.28. The summed E-state index contributed by atoms with van der Waals surface area (Å²) in [6.07, 6.45) is 0.920. The Morgan fingerprint density at radius 3 is 3.00 bits per heavy atom. The number of amides is 1. The second-order valence-corrected chi connectivity index (χ2v) is 7.38. The number of carbonyl (C=O) groups is 1. The minimum atomic E-state index is -0.214. The van der Waals surface area contributed by atoms with Crippen LogP contribution < -0.4 is 9.64 Å². The van der Waals surface area contributed by atoms with E-state index in [0.717, 1.165) is 40.6 Å². The zero-order chi connectivity index (χ0) is 17.4. The van der Waals surface area contributed by atoms with Crippen LogP contribution in [0.1, 0.15) is 12.5 Å². The first kappa shape index (κ1) is 16.0. The molecule has 6 heteroatoms. The zero-order valence-corrected chi connectivity index (χ0v) is 15.0. The minimum absolute atomic E-state index is 0.119. The molecule has 5 nitrogen and oxygen atoms in total. The van der Waals surface area contributed by atoms with E-state index < -0.39 is 0 Å². The molecule has 1 aromatic heterocycles. The second-order valence-electron chi connectivity index (χ2n) is 6.05. The number of aromatic nitrogens is 2. The first-order valence-electron chi connectivity index (χ1n) is 8.25. The van der Waals surface area contributed by atoms with Gasteiger partial charge >= 0.3 is 0 Å². The van der Waals surface area contributed by atoms with Gasteiger partial charge < -0.3 is 14.6 Å². The van der Waals surface area contributed by atoms with Gasteiger partial charge in [0.15, 0.2) is 5.16 Å². The maximum Gasteiger partial charge on any atom is 0.240 e. The van der Waals surface area contributed by atoms with E-state index in [1.165, 1.54) is 17.3 Å². The average molecular weight is 353 g/mol. The number of anilines is 1. The van der Waals surface area contributed by atoms with E-state index in [1.807, 2.05) is 48.2 Å². The highest BCUT2D eigenvalue weighted by molar-refractivity contribution is 8.00. The van der Waals surface area contributed by atoms with Crippen LogP contribution in [0.4, 0.5) is 5.69 Å². The van der Waals surface area contributed by atoms with Crippen LogP contribution in [0, 0.1) is 0 Å².